The van der Waals surface area contributed by atoms with Crippen LogP contribution in [-0.4, -0.2) is 23.2 Å². The number of amides is 1. The van der Waals surface area contributed by atoms with E-state index < -0.39 is 4.92 Å². The maximum Gasteiger partial charge on any atom is 0.310 e. The first-order valence-electron chi connectivity index (χ1n) is 7.62. The highest BCUT2D eigenvalue weighted by Gasteiger charge is 2.23. The van der Waals surface area contributed by atoms with Crippen LogP contribution in [0.2, 0.25) is 5.02 Å². The lowest BCUT2D eigenvalue weighted by Crippen LogP contribution is -2.34. The second-order valence-electron chi connectivity index (χ2n) is 5.45. The molecule has 0 spiro atoms. The number of rotatable bonds is 5. The third-order valence-corrected chi connectivity index (χ3v) is 5.12. The number of nitrogens with one attached hydrogen (secondary N) is 1. The van der Waals surface area contributed by atoms with Crippen molar-refractivity contribution in [2.24, 2.45) is 0 Å². The number of nitrogens with zero attached hydrogens (tertiary/aromatic N) is 1. The quantitative estimate of drug-likeness (QED) is 0.628. The molecule has 2 aromatic rings. The fourth-order valence-corrected chi connectivity index (χ4v) is 3.91. The van der Waals surface area contributed by atoms with Gasteiger partial charge in [0.15, 0.2) is 12.4 Å². The van der Waals surface area contributed by atoms with Crippen LogP contribution in [0, 0.1) is 10.1 Å². The van der Waals surface area contributed by atoms with Crippen LogP contribution in [0.3, 0.4) is 0 Å². The fraction of sp³-hybridized carbons (Fsp3) is 0.235. The van der Waals surface area contributed by atoms with Gasteiger partial charge in [-0.3, -0.25) is 14.9 Å². The Balaban J connectivity index is 1.65. The van der Waals surface area contributed by atoms with Crippen molar-refractivity contribution in [3.05, 3.63) is 63.2 Å². The van der Waals surface area contributed by atoms with E-state index in [0.717, 1.165) is 22.6 Å². The molecule has 1 heterocycles. The number of thioether (sulfide) groups is 1. The van der Waals surface area contributed by atoms with Crippen molar-refractivity contribution in [3.8, 4) is 5.75 Å². The van der Waals surface area contributed by atoms with Crippen molar-refractivity contribution in [3.63, 3.8) is 0 Å². The smallest absolute Gasteiger partial charge is 0.310 e. The van der Waals surface area contributed by atoms with Gasteiger partial charge in [-0.2, -0.15) is 0 Å². The number of hydrogen-bond acceptors (Lipinski definition) is 5. The van der Waals surface area contributed by atoms with Crippen LogP contribution >= 0.6 is 23.4 Å². The molecule has 130 valence electrons. The van der Waals surface area contributed by atoms with E-state index in [9.17, 15) is 14.9 Å². The molecule has 0 saturated carbocycles. The summed E-state index contributed by atoms with van der Waals surface area (Å²) < 4.78 is 5.33. The molecule has 1 atom stereocenters. The second-order valence-corrected chi connectivity index (χ2v) is 7.03. The highest BCUT2D eigenvalue weighted by Crippen LogP contribution is 2.37. The summed E-state index contributed by atoms with van der Waals surface area (Å²) in [5.74, 6) is 0.635. The molecule has 0 aromatic heterocycles. The van der Waals surface area contributed by atoms with Crippen LogP contribution in [0.5, 0.6) is 5.75 Å². The van der Waals surface area contributed by atoms with Gasteiger partial charge in [0.1, 0.15) is 0 Å². The molecule has 1 amide bonds. The van der Waals surface area contributed by atoms with Crippen LogP contribution in [0.4, 0.5) is 5.69 Å². The normalized spacial score (nSPS) is 16.0. The summed E-state index contributed by atoms with van der Waals surface area (Å²) in [5, 5.41) is 14.5. The standard InChI is InChI=1S/C17H15ClN2O4S/c18-11-5-6-16-12(9-11)13(7-8-25-16)19-17(21)10-24-15-4-2-1-3-14(15)20(22)23/h1-6,9,13H,7-8,10H2,(H,19,21)/t13-/m0/s1. The number of nitro benzene ring substituents is 1. The minimum absolute atomic E-state index is 0.0743. The summed E-state index contributed by atoms with van der Waals surface area (Å²) in [6, 6.07) is 11.5. The number of ether oxygens (including phenoxy) is 1. The van der Waals surface area contributed by atoms with Crippen LogP contribution in [-0.2, 0) is 4.79 Å². The molecule has 8 heteroatoms. The van der Waals surface area contributed by atoms with E-state index in [1.54, 1.807) is 23.9 Å². The van der Waals surface area contributed by atoms with Gasteiger partial charge >= 0.3 is 5.69 Å². The maximum atomic E-state index is 12.2. The number of fused-ring (bicyclic) bond motifs is 1. The first-order chi connectivity index (χ1) is 12.0. The Labute approximate surface area is 153 Å². The average Bonchev–Trinajstić information content (AvgIpc) is 2.60. The van der Waals surface area contributed by atoms with Gasteiger partial charge in [-0.05, 0) is 36.2 Å². The molecule has 0 radical (unpaired) electrons. The van der Waals surface area contributed by atoms with E-state index in [2.05, 4.69) is 5.32 Å². The van der Waals surface area contributed by atoms with E-state index in [-0.39, 0.29) is 30.0 Å². The molecule has 1 aliphatic rings. The monoisotopic (exact) mass is 378 g/mol. The molecule has 3 rings (SSSR count). The molecule has 0 saturated heterocycles. The van der Waals surface area contributed by atoms with Gasteiger partial charge in [0.05, 0.1) is 11.0 Å². The van der Waals surface area contributed by atoms with Gasteiger partial charge in [0.25, 0.3) is 5.91 Å². The Morgan fingerprint density at radius 3 is 2.96 bits per heavy atom. The zero-order chi connectivity index (χ0) is 17.8. The van der Waals surface area contributed by atoms with Crippen molar-refractivity contribution < 1.29 is 14.5 Å². The zero-order valence-corrected chi connectivity index (χ0v) is 14.7. The first kappa shape index (κ1) is 17.6. The summed E-state index contributed by atoms with van der Waals surface area (Å²) in [7, 11) is 0. The molecule has 0 unspecified atom stereocenters. The number of nitro groups is 1. The highest BCUT2D eigenvalue weighted by atomic mass is 35.5. The molecule has 0 bridgehead atoms. The van der Waals surface area contributed by atoms with Crippen molar-refractivity contribution >= 4 is 35.0 Å². The van der Waals surface area contributed by atoms with Crippen LogP contribution in [0.15, 0.2) is 47.4 Å². The van der Waals surface area contributed by atoms with Gasteiger partial charge in [0.2, 0.25) is 0 Å². The average molecular weight is 379 g/mol. The third-order valence-electron chi connectivity index (χ3n) is 3.77. The topological polar surface area (TPSA) is 81.5 Å². The first-order valence-corrected chi connectivity index (χ1v) is 8.99. The van der Waals surface area contributed by atoms with Crippen molar-refractivity contribution in [2.45, 2.75) is 17.4 Å². The third kappa shape index (κ3) is 4.24. The molecule has 25 heavy (non-hydrogen) atoms. The van der Waals surface area contributed by atoms with Crippen LogP contribution in [0.25, 0.3) is 0 Å². The Bertz CT molecular complexity index is 815. The highest BCUT2D eigenvalue weighted by molar-refractivity contribution is 7.99. The van der Waals surface area contributed by atoms with Crippen molar-refractivity contribution in [1.82, 2.24) is 5.32 Å². The molecule has 0 aliphatic carbocycles. The summed E-state index contributed by atoms with van der Waals surface area (Å²) >= 11 is 7.78. The number of benzene rings is 2. The van der Waals surface area contributed by atoms with E-state index in [4.69, 9.17) is 16.3 Å². The Morgan fingerprint density at radius 1 is 1.36 bits per heavy atom. The van der Waals surface area contributed by atoms with Gasteiger partial charge in [-0.1, -0.05) is 23.7 Å². The van der Waals surface area contributed by atoms with E-state index in [1.165, 1.54) is 12.1 Å². The summed E-state index contributed by atoms with van der Waals surface area (Å²) in [4.78, 5) is 23.7. The molecular formula is C17H15ClN2O4S. The lowest BCUT2D eigenvalue weighted by molar-refractivity contribution is -0.385. The molecular weight excluding hydrogens is 364 g/mol. The lowest BCUT2D eigenvalue weighted by Gasteiger charge is -2.26. The largest absolute Gasteiger partial charge is 0.477 e. The number of halogens is 1. The molecule has 6 nitrogen and oxygen atoms in total. The summed E-state index contributed by atoms with van der Waals surface area (Å²) in [5.41, 5.74) is 0.823. The second kappa shape index (κ2) is 7.76. The minimum Gasteiger partial charge on any atom is -0.477 e. The van der Waals surface area contributed by atoms with Crippen molar-refractivity contribution in [2.75, 3.05) is 12.4 Å². The Kier molecular flexibility index (Phi) is 5.45. The maximum absolute atomic E-state index is 12.2. The lowest BCUT2D eigenvalue weighted by atomic mass is 10.0. The van der Waals surface area contributed by atoms with Gasteiger partial charge < -0.3 is 10.1 Å². The number of carbonyl (C=O) groups excluding carboxylic acids is 1. The van der Waals surface area contributed by atoms with E-state index in [0.29, 0.717) is 5.02 Å². The van der Waals surface area contributed by atoms with Gasteiger partial charge in [-0.25, -0.2) is 0 Å². The fourth-order valence-electron chi connectivity index (χ4n) is 2.62. The van der Waals surface area contributed by atoms with Crippen LogP contribution in [0.1, 0.15) is 18.0 Å². The van der Waals surface area contributed by atoms with E-state index in [1.807, 2.05) is 18.2 Å². The molecule has 2 aromatic carbocycles. The van der Waals surface area contributed by atoms with Gasteiger partial charge in [-0.15, -0.1) is 11.8 Å². The Morgan fingerprint density at radius 2 is 2.16 bits per heavy atom. The number of hydrogen-bond donors (Lipinski definition) is 1. The zero-order valence-electron chi connectivity index (χ0n) is 13.1. The SMILES string of the molecule is O=C(COc1ccccc1[N+](=O)[O-])N[C@H]1CCSc2ccc(Cl)cc21. The predicted octanol–water partition coefficient (Wildman–Crippen LogP) is 3.98. The van der Waals surface area contributed by atoms with E-state index >= 15 is 0 Å². The molecule has 1 aliphatic heterocycles. The predicted molar refractivity (Wildman–Crippen MR) is 96.3 cm³/mol. The van der Waals surface area contributed by atoms with Crippen molar-refractivity contribution in [1.29, 1.82) is 0 Å². The van der Waals surface area contributed by atoms with Gasteiger partial charge in [0, 0.05) is 21.7 Å². The van der Waals surface area contributed by atoms with Crippen LogP contribution < -0.4 is 10.1 Å². The molecule has 1 N–H and O–H groups in total. The summed E-state index contributed by atoms with van der Waals surface area (Å²) in [6.07, 6.45) is 0.787. The number of carbonyl (C=O) groups is 1. The molecule has 0 fully saturated rings. The number of para-hydroxylation sites is 2. The Hall–Kier alpha value is -2.25. The summed E-state index contributed by atoms with van der Waals surface area (Å²) in [6.45, 7) is -0.287. The minimum atomic E-state index is -0.538.